The molecule has 0 spiro atoms. The van der Waals surface area contributed by atoms with Gasteiger partial charge in [-0.15, -0.1) is 0 Å². The molecular formula is C19H21N3O2. The van der Waals surface area contributed by atoms with Crippen molar-refractivity contribution in [2.75, 3.05) is 0 Å². The first-order valence-corrected chi connectivity index (χ1v) is 8.51. The predicted octanol–water partition coefficient (Wildman–Crippen LogP) is 3.17. The molecule has 2 unspecified atom stereocenters. The summed E-state index contributed by atoms with van der Waals surface area (Å²) in [5.74, 6) is 0.884. The van der Waals surface area contributed by atoms with Crippen molar-refractivity contribution in [2.24, 2.45) is 0 Å². The lowest BCUT2D eigenvalue weighted by Gasteiger charge is -2.35. The summed E-state index contributed by atoms with van der Waals surface area (Å²) in [5.41, 5.74) is 2.92. The first-order valence-electron chi connectivity index (χ1n) is 8.51. The highest BCUT2D eigenvalue weighted by Crippen LogP contribution is 2.43. The molecule has 5 nitrogen and oxygen atoms in total. The van der Waals surface area contributed by atoms with Gasteiger partial charge >= 0.3 is 0 Å². The van der Waals surface area contributed by atoms with Gasteiger partial charge in [0.05, 0.1) is 17.8 Å². The Bertz CT molecular complexity index is 757. The van der Waals surface area contributed by atoms with E-state index >= 15 is 0 Å². The first-order chi connectivity index (χ1) is 11.6. The fourth-order valence-electron chi connectivity index (χ4n) is 3.83. The Kier molecular flexibility index (Phi) is 3.71. The lowest BCUT2D eigenvalue weighted by Crippen LogP contribution is -2.42. The van der Waals surface area contributed by atoms with E-state index in [1.165, 1.54) is 0 Å². The molecule has 1 saturated heterocycles. The van der Waals surface area contributed by atoms with Crippen LogP contribution in [0.15, 0.2) is 36.8 Å². The molecule has 2 atom stereocenters. The summed E-state index contributed by atoms with van der Waals surface area (Å²) in [6, 6.07) is 7.81. The summed E-state index contributed by atoms with van der Waals surface area (Å²) in [7, 11) is 0. The number of benzene rings is 1. The minimum absolute atomic E-state index is 0.0908. The van der Waals surface area contributed by atoms with Crippen molar-refractivity contribution in [3.8, 4) is 5.75 Å². The predicted molar refractivity (Wildman–Crippen MR) is 89.9 cm³/mol. The van der Waals surface area contributed by atoms with Crippen LogP contribution in [0.4, 0.5) is 0 Å². The van der Waals surface area contributed by atoms with Gasteiger partial charge in [-0.05, 0) is 51.0 Å². The molecule has 2 aliphatic rings. The largest absolute Gasteiger partial charge is 0.491 e. The number of amides is 1. The third kappa shape index (κ3) is 2.54. The van der Waals surface area contributed by atoms with Gasteiger partial charge < -0.3 is 9.64 Å². The quantitative estimate of drug-likeness (QED) is 0.870. The number of hydrogen-bond donors (Lipinski definition) is 0. The summed E-state index contributed by atoms with van der Waals surface area (Å²) in [6.45, 7) is 3.98. The number of fused-ring (bicyclic) bond motifs is 4. The number of ether oxygens (including phenoxy) is 1. The summed E-state index contributed by atoms with van der Waals surface area (Å²) < 4.78 is 5.65. The Morgan fingerprint density at radius 1 is 1.25 bits per heavy atom. The monoisotopic (exact) mass is 323 g/mol. The lowest BCUT2D eigenvalue weighted by molar-refractivity contribution is 0.0643. The number of nitrogens with zero attached hydrogens (tertiary/aromatic N) is 3. The highest BCUT2D eigenvalue weighted by atomic mass is 16.5. The topological polar surface area (TPSA) is 55.3 Å². The summed E-state index contributed by atoms with van der Waals surface area (Å²) in [5, 5.41) is 0. The molecule has 24 heavy (non-hydrogen) atoms. The third-order valence-electron chi connectivity index (χ3n) is 4.83. The summed E-state index contributed by atoms with van der Waals surface area (Å²) >= 11 is 0. The van der Waals surface area contributed by atoms with Gasteiger partial charge in [-0.1, -0.05) is 0 Å². The summed E-state index contributed by atoms with van der Waals surface area (Å²) in [6.07, 6.45) is 6.44. The number of aromatic nitrogens is 2. The number of rotatable bonds is 3. The summed E-state index contributed by atoms with van der Waals surface area (Å²) in [4.78, 5) is 23.6. The number of hydrogen-bond acceptors (Lipinski definition) is 4. The zero-order valence-electron chi connectivity index (χ0n) is 14.0. The van der Waals surface area contributed by atoms with E-state index in [-0.39, 0.29) is 24.1 Å². The maximum Gasteiger partial charge on any atom is 0.254 e. The maximum atomic E-state index is 13.0. The van der Waals surface area contributed by atoms with E-state index in [4.69, 9.17) is 4.74 Å². The molecule has 2 aliphatic heterocycles. The molecule has 1 fully saturated rings. The van der Waals surface area contributed by atoms with Gasteiger partial charge in [-0.25, -0.2) is 9.97 Å². The van der Waals surface area contributed by atoms with Crippen LogP contribution in [0.1, 0.15) is 54.3 Å². The van der Waals surface area contributed by atoms with Gasteiger partial charge in [0.15, 0.2) is 0 Å². The zero-order valence-corrected chi connectivity index (χ0v) is 14.0. The standard InChI is InChI=1S/C19H21N3O2/c1-12(2)24-15-6-3-13(4-7-15)19(23)22-14-5-8-18(22)16-10-20-11-21-17(16)9-14/h3-4,6-7,10-12,14,18H,5,8-9H2,1-2H3. The van der Waals surface area contributed by atoms with E-state index in [9.17, 15) is 4.79 Å². The van der Waals surface area contributed by atoms with Crippen molar-refractivity contribution in [1.82, 2.24) is 14.9 Å². The smallest absolute Gasteiger partial charge is 0.254 e. The van der Waals surface area contributed by atoms with Crippen LogP contribution in [0.5, 0.6) is 5.75 Å². The van der Waals surface area contributed by atoms with Crippen LogP contribution < -0.4 is 4.74 Å². The Morgan fingerprint density at radius 3 is 2.79 bits per heavy atom. The van der Waals surface area contributed by atoms with Crippen molar-refractivity contribution in [3.63, 3.8) is 0 Å². The Hall–Kier alpha value is -2.43. The normalized spacial score (nSPS) is 21.7. The van der Waals surface area contributed by atoms with Crippen molar-refractivity contribution in [1.29, 1.82) is 0 Å². The molecule has 1 aromatic carbocycles. The molecule has 124 valence electrons. The van der Waals surface area contributed by atoms with Gasteiger partial charge in [-0.3, -0.25) is 4.79 Å². The number of carbonyl (C=O) groups excluding carboxylic acids is 1. The first kappa shape index (κ1) is 15.1. The van der Waals surface area contributed by atoms with Crippen LogP contribution in [0.3, 0.4) is 0 Å². The van der Waals surface area contributed by atoms with Crippen molar-refractivity contribution < 1.29 is 9.53 Å². The van der Waals surface area contributed by atoms with Crippen LogP contribution in [-0.4, -0.2) is 32.9 Å². The Balaban J connectivity index is 1.59. The van der Waals surface area contributed by atoms with Crippen LogP contribution in [0, 0.1) is 0 Å². The molecule has 4 rings (SSSR count). The van der Waals surface area contributed by atoms with Crippen LogP contribution in [0.25, 0.3) is 0 Å². The second kappa shape index (κ2) is 5.89. The average Bonchev–Trinajstić information content (AvgIpc) is 2.89. The molecular weight excluding hydrogens is 302 g/mol. The van der Waals surface area contributed by atoms with Gasteiger partial charge in [0, 0.05) is 29.8 Å². The molecule has 2 aromatic rings. The highest BCUT2D eigenvalue weighted by Gasteiger charge is 2.43. The molecule has 1 amide bonds. The van der Waals surface area contributed by atoms with E-state index in [2.05, 4.69) is 9.97 Å². The van der Waals surface area contributed by atoms with E-state index in [1.807, 2.05) is 49.2 Å². The average molecular weight is 323 g/mol. The van der Waals surface area contributed by atoms with Crippen molar-refractivity contribution >= 4 is 5.91 Å². The van der Waals surface area contributed by atoms with E-state index in [0.717, 1.165) is 36.3 Å². The van der Waals surface area contributed by atoms with Gasteiger partial charge in [0.25, 0.3) is 5.91 Å². The molecule has 1 aromatic heterocycles. The van der Waals surface area contributed by atoms with Gasteiger partial charge in [0.2, 0.25) is 0 Å². The molecule has 0 N–H and O–H groups in total. The Morgan fingerprint density at radius 2 is 2.04 bits per heavy atom. The second-order valence-electron chi connectivity index (χ2n) is 6.78. The van der Waals surface area contributed by atoms with Gasteiger partial charge in [0.1, 0.15) is 12.1 Å². The lowest BCUT2D eigenvalue weighted by atomic mass is 9.98. The second-order valence-corrected chi connectivity index (χ2v) is 6.78. The Labute approximate surface area is 141 Å². The zero-order chi connectivity index (χ0) is 16.7. The fraction of sp³-hybridized carbons (Fsp3) is 0.421. The van der Waals surface area contributed by atoms with Crippen LogP contribution in [0.2, 0.25) is 0 Å². The maximum absolute atomic E-state index is 13.0. The van der Waals surface area contributed by atoms with Crippen molar-refractivity contribution in [2.45, 2.75) is 51.3 Å². The fourth-order valence-corrected chi connectivity index (χ4v) is 3.83. The van der Waals surface area contributed by atoms with Crippen molar-refractivity contribution in [3.05, 3.63) is 53.6 Å². The molecule has 3 heterocycles. The third-order valence-corrected chi connectivity index (χ3v) is 4.83. The minimum Gasteiger partial charge on any atom is -0.491 e. The number of carbonyl (C=O) groups is 1. The molecule has 2 bridgehead atoms. The van der Waals surface area contributed by atoms with Gasteiger partial charge in [-0.2, -0.15) is 0 Å². The minimum atomic E-state index is 0.0908. The molecule has 0 aliphatic carbocycles. The van der Waals surface area contributed by atoms with E-state index < -0.39 is 0 Å². The molecule has 5 heteroatoms. The van der Waals surface area contributed by atoms with Crippen LogP contribution in [-0.2, 0) is 6.42 Å². The van der Waals surface area contributed by atoms with E-state index in [0.29, 0.717) is 5.56 Å². The molecule has 0 radical (unpaired) electrons. The van der Waals surface area contributed by atoms with Crippen LogP contribution >= 0.6 is 0 Å². The SMILES string of the molecule is CC(C)Oc1ccc(C(=O)N2C3CCC2c2cncnc2C3)cc1. The molecule has 0 saturated carbocycles. The highest BCUT2D eigenvalue weighted by molar-refractivity contribution is 5.95. The van der Waals surface area contributed by atoms with E-state index in [1.54, 1.807) is 6.33 Å².